The van der Waals surface area contributed by atoms with Crippen molar-refractivity contribution in [3.05, 3.63) is 99.0 Å². The topological polar surface area (TPSA) is 49.4 Å². The van der Waals surface area contributed by atoms with Gasteiger partial charge < -0.3 is 5.32 Å². The van der Waals surface area contributed by atoms with Crippen molar-refractivity contribution in [3.63, 3.8) is 0 Å². The molecule has 1 aliphatic heterocycles. The highest BCUT2D eigenvalue weighted by Gasteiger charge is 2.40. The van der Waals surface area contributed by atoms with E-state index in [0.29, 0.717) is 15.6 Å². The van der Waals surface area contributed by atoms with Gasteiger partial charge >= 0.3 is 0 Å². The summed E-state index contributed by atoms with van der Waals surface area (Å²) in [4.78, 5) is 29.5. The van der Waals surface area contributed by atoms with Gasteiger partial charge in [-0.2, -0.15) is 0 Å². The van der Waals surface area contributed by atoms with Gasteiger partial charge in [-0.3, -0.25) is 9.59 Å². The predicted octanol–water partition coefficient (Wildman–Crippen LogP) is 6.51. The van der Waals surface area contributed by atoms with Crippen molar-refractivity contribution in [2.24, 2.45) is 0 Å². The van der Waals surface area contributed by atoms with Crippen LogP contribution in [0.2, 0.25) is 5.02 Å². The molecule has 0 fully saturated rings. The van der Waals surface area contributed by atoms with E-state index in [9.17, 15) is 9.59 Å². The van der Waals surface area contributed by atoms with Gasteiger partial charge in [0.2, 0.25) is 0 Å². The summed E-state index contributed by atoms with van der Waals surface area (Å²) >= 11 is 7.28. The fourth-order valence-corrected chi connectivity index (χ4v) is 4.55. The number of rotatable bonds is 6. The molecule has 0 saturated carbocycles. The van der Waals surface area contributed by atoms with E-state index in [1.165, 1.54) is 22.2 Å². The molecule has 0 atom stereocenters. The first-order valence-corrected chi connectivity index (χ1v) is 11.6. The van der Waals surface area contributed by atoms with Gasteiger partial charge in [-0.25, -0.2) is 4.90 Å². The van der Waals surface area contributed by atoms with E-state index in [1.807, 2.05) is 68.4 Å². The van der Waals surface area contributed by atoms with Crippen LogP contribution in [-0.2, 0) is 16.0 Å². The van der Waals surface area contributed by atoms with Crippen LogP contribution in [0.25, 0.3) is 0 Å². The number of hydrogen-bond donors (Lipinski definition) is 1. The number of benzene rings is 3. The third-order valence-corrected chi connectivity index (χ3v) is 6.87. The molecule has 0 saturated heterocycles. The van der Waals surface area contributed by atoms with E-state index in [2.05, 4.69) is 12.2 Å². The summed E-state index contributed by atoms with van der Waals surface area (Å²) in [6.07, 6.45) is 0.929. The van der Waals surface area contributed by atoms with Crippen molar-refractivity contribution in [2.75, 3.05) is 10.2 Å². The van der Waals surface area contributed by atoms with Crippen molar-refractivity contribution in [2.45, 2.75) is 32.1 Å². The van der Waals surface area contributed by atoms with Crippen molar-refractivity contribution in [1.82, 2.24) is 0 Å². The molecular formula is C26H23ClN2O2S. The first kappa shape index (κ1) is 22.2. The minimum Gasteiger partial charge on any atom is -0.350 e. The largest absolute Gasteiger partial charge is 0.350 e. The average molecular weight is 463 g/mol. The van der Waals surface area contributed by atoms with E-state index >= 15 is 0 Å². The number of nitrogens with one attached hydrogen (secondary N) is 1. The Bertz CT molecular complexity index is 1220. The number of halogens is 1. The molecule has 1 aliphatic rings. The fourth-order valence-electron chi connectivity index (χ4n) is 3.50. The van der Waals surface area contributed by atoms with Gasteiger partial charge in [0.25, 0.3) is 11.8 Å². The Morgan fingerprint density at radius 1 is 0.906 bits per heavy atom. The SMILES string of the molecule is CCc1ccc(NC2=C(Sc3ccc(Cl)cc3)C(=O)N(c3cccc(C)c3C)C2=O)cc1. The molecule has 0 aromatic heterocycles. The zero-order valence-electron chi connectivity index (χ0n) is 18.1. The van der Waals surface area contributed by atoms with Crippen LogP contribution in [0.4, 0.5) is 11.4 Å². The van der Waals surface area contributed by atoms with Crippen LogP contribution in [0.15, 0.2) is 82.2 Å². The number of thioether (sulfide) groups is 1. The molecule has 4 rings (SSSR count). The summed E-state index contributed by atoms with van der Waals surface area (Å²) in [5, 5.41) is 3.82. The maximum Gasteiger partial charge on any atom is 0.283 e. The van der Waals surface area contributed by atoms with Gasteiger partial charge in [-0.15, -0.1) is 0 Å². The maximum absolute atomic E-state index is 13.5. The Balaban J connectivity index is 1.75. The fraction of sp³-hybridized carbons (Fsp3) is 0.154. The van der Waals surface area contributed by atoms with Crippen molar-refractivity contribution in [1.29, 1.82) is 0 Å². The summed E-state index contributed by atoms with van der Waals surface area (Å²) in [6.45, 7) is 5.98. The minimum atomic E-state index is -0.361. The number of aryl methyl sites for hydroxylation is 2. The van der Waals surface area contributed by atoms with Crippen molar-refractivity contribution >= 4 is 46.6 Å². The molecule has 0 unspecified atom stereocenters. The normalized spacial score (nSPS) is 13.8. The van der Waals surface area contributed by atoms with Crippen LogP contribution >= 0.6 is 23.4 Å². The van der Waals surface area contributed by atoms with Gasteiger partial charge in [-0.1, -0.05) is 54.6 Å². The number of hydrogen-bond acceptors (Lipinski definition) is 4. The molecule has 1 heterocycles. The lowest BCUT2D eigenvalue weighted by Crippen LogP contribution is -2.33. The van der Waals surface area contributed by atoms with E-state index < -0.39 is 0 Å². The second-order valence-electron chi connectivity index (χ2n) is 7.60. The highest BCUT2D eigenvalue weighted by Crippen LogP contribution is 2.39. The second kappa shape index (κ2) is 9.23. The number of nitrogens with zero attached hydrogens (tertiary/aromatic N) is 1. The molecule has 162 valence electrons. The Hall–Kier alpha value is -3.02. The summed E-state index contributed by atoms with van der Waals surface area (Å²) < 4.78 is 0. The van der Waals surface area contributed by atoms with Gasteiger partial charge in [-0.05, 0) is 79.4 Å². The summed E-state index contributed by atoms with van der Waals surface area (Å²) in [5.41, 5.74) is 4.76. The molecule has 1 N–H and O–H groups in total. The zero-order chi connectivity index (χ0) is 22.8. The molecule has 0 aliphatic carbocycles. The first-order valence-electron chi connectivity index (χ1n) is 10.4. The minimum absolute atomic E-state index is 0.278. The number of amides is 2. The molecule has 4 nitrogen and oxygen atoms in total. The van der Waals surface area contributed by atoms with Crippen molar-refractivity contribution in [3.8, 4) is 0 Å². The summed E-state index contributed by atoms with van der Waals surface area (Å²) in [6, 6.07) is 20.7. The van der Waals surface area contributed by atoms with Crippen LogP contribution < -0.4 is 10.2 Å². The smallest absolute Gasteiger partial charge is 0.283 e. The highest BCUT2D eigenvalue weighted by molar-refractivity contribution is 8.04. The van der Waals surface area contributed by atoms with E-state index in [-0.39, 0.29) is 17.5 Å². The highest BCUT2D eigenvalue weighted by atomic mass is 35.5. The molecule has 3 aromatic carbocycles. The lowest BCUT2D eigenvalue weighted by atomic mass is 10.1. The van der Waals surface area contributed by atoms with Crippen LogP contribution in [0.1, 0.15) is 23.6 Å². The number of carbonyl (C=O) groups is 2. The molecule has 32 heavy (non-hydrogen) atoms. The molecule has 0 radical (unpaired) electrons. The quantitative estimate of drug-likeness (QED) is 0.424. The van der Waals surface area contributed by atoms with Crippen LogP contribution in [0.5, 0.6) is 0 Å². The molecule has 0 spiro atoms. The zero-order valence-corrected chi connectivity index (χ0v) is 19.7. The van der Waals surface area contributed by atoms with Gasteiger partial charge in [0.15, 0.2) is 0 Å². The van der Waals surface area contributed by atoms with E-state index in [0.717, 1.165) is 28.1 Å². The maximum atomic E-state index is 13.5. The average Bonchev–Trinajstić information content (AvgIpc) is 3.01. The van der Waals surface area contributed by atoms with Crippen LogP contribution in [0.3, 0.4) is 0 Å². The summed E-state index contributed by atoms with van der Waals surface area (Å²) in [5.74, 6) is -0.698. The molecule has 0 bridgehead atoms. The summed E-state index contributed by atoms with van der Waals surface area (Å²) in [7, 11) is 0. The first-order chi connectivity index (χ1) is 15.4. The third kappa shape index (κ3) is 4.31. The van der Waals surface area contributed by atoms with Crippen molar-refractivity contribution < 1.29 is 9.59 Å². The van der Waals surface area contributed by atoms with Crippen LogP contribution in [-0.4, -0.2) is 11.8 Å². The number of carbonyl (C=O) groups excluding carboxylic acids is 2. The molecule has 2 amide bonds. The number of imide groups is 1. The lowest BCUT2D eigenvalue weighted by molar-refractivity contribution is -0.120. The Morgan fingerprint density at radius 2 is 1.59 bits per heavy atom. The van der Waals surface area contributed by atoms with E-state index in [4.69, 9.17) is 11.6 Å². The van der Waals surface area contributed by atoms with Gasteiger partial charge in [0, 0.05) is 15.6 Å². The molecule has 6 heteroatoms. The van der Waals surface area contributed by atoms with E-state index in [1.54, 1.807) is 12.1 Å². The van der Waals surface area contributed by atoms with Gasteiger partial charge in [0.05, 0.1) is 5.69 Å². The predicted molar refractivity (Wildman–Crippen MR) is 132 cm³/mol. The standard InChI is InChI=1S/C26H23ClN2O2S/c1-4-18-8-12-20(13-9-18)28-23-24(32-21-14-10-19(27)11-15-21)26(31)29(25(23)30)22-7-5-6-16(2)17(22)3/h5-15,28H,4H2,1-3H3. The Labute approximate surface area is 197 Å². The Morgan fingerprint density at radius 3 is 2.25 bits per heavy atom. The van der Waals surface area contributed by atoms with Crippen LogP contribution in [0, 0.1) is 13.8 Å². The second-order valence-corrected chi connectivity index (χ2v) is 9.12. The monoisotopic (exact) mass is 462 g/mol. The molecule has 3 aromatic rings. The number of anilines is 2. The molecular weight excluding hydrogens is 440 g/mol. The Kier molecular flexibility index (Phi) is 6.40. The van der Waals surface area contributed by atoms with Gasteiger partial charge in [0.1, 0.15) is 10.6 Å². The lowest BCUT2D eigenvalue weighted by Gasteiger charge is -2.19. The third-order valence-electron chi connectivity index (χ3n) is 5.52.